The van der Waals surface area contributed by atoms with Crippen molar-refractivity contribution in [3.05, 3.63) is 57.7 Å². The zero-order valence-electron chi connectivity index (χ0n) is 20.3. The van der Waals surface area contributed by atoms with Crippen molar-refractivity contribution in [1.29, 1.82) is 0 Å². The molecule has 1 heterocycles. The third kappa shape index (κ3) is 7.07. The van der Waals surface area contributed by atoms with Gasteiger partial charge in [0, 0.05) is 5.56 Å². The summed E-state index contributed by atoms with van der Waals surface area (Å²) in [6.07, 6.45) is 15.8. The molecule has 1 aromatic carbocycles. The molecule has 0 aromatic heterocycles. The van der Waals surface area contributed by atoms with Crippen LogP contribution >= 0.6 is 0 Å². The molecule has 0 saturated heterocycles. The Kier molecular flexibility index (Phi) is 8.82. The van der Waals surface area contributed by atoms with Gasteiger partial charge in [-0.2, -0.15) is 0 Å². The maximum Gasteiger partial charge on any atom is 0.124 e. The molecule has 0 unspecified atom stereocenters. The number of phenolic OH excluding ortho intramolecular Hbond substituents is 1. The second-order valence-corrected chi connectivity index (χ2v) is 9.69. The lowest BCUT2D eigenvalue weighted by Gasteiger charge is -2.37. The Morgan fingerprint density at radius 2 is 1.60 bits per heavy atom. The monoisotopic (exact) mass is 410 g/mol. The summed E-state index contributed by atoms with van der Waals surface area (Å²) in [6.45, 7) is 15.0. The summed E-state index contributed by atoms with van der Waals surface area (Å²) >= 11 is 0. The van der Waals surface area contributed by atoms with Crippen LogP contribution in [0.25, 0.3) is 0 Å². The SMILES string of the molecule is CC(C)=CCCC(C)=CCCC(C)=CCC[C@@]1(C)CCc2c(cc(C)c(O)c2C)O1. The Morgan fingerprint density at radius 1 is 1.00 bits per heavy atom. The van der Waals surface area contributed by atoms with Crippen molar-refractivity contribution in [3.8, 4) is 11.5 Å². The molecule has 0 fully saturated rings. The van der Waals surface area contributed by atoms with Crippen LogP contribution in [-0.2, 0) is 6.42 Å². The van der Waals surface area contributed by atoms with Crippen LogP contribution in [0.1, 0.15) is 96.3 Å². The van der Waals surface area contributed by atoms with Crippen LogP contribution < -0.4 is 4.74 Å². The van der Waals surface area contributed by atoms with E-state index >= 15 is 0 Å². The molecule has 30 heavy (non-hydrogen) atoms. The van der Waals surface area contributed by atoms with E-state index in [1.54, 1.807) is 0 Å². The fraction of sp³-hybridized carbons (Fsp3) is 0.571. The fourth-order valence-electron chi connectivity index (χ4n) is 4.22. The fourth-order valence-corrected chi connectivity index (χ4v) is 4.22. The van der Waals surface area contributed by atoms with Gasteiger partial charge in [0.1, 0.15) is 17.1 Å². The molecule has 1 atom stereocenters. The molecule has 1 aliphatic heterocycles. The number of benzene rings is 1. The van der Waals surface area contributed by atoms with Crippen LogP contribution in [0.2, 0.25) is 0 Å². The van der Waals surface area contributed by atoms with E-state index in [1.165, 1.54) is 28.7 Å². The summed E-state index contributed by atoms with van der Waals surface area (Å²) in [4.78, 5) is 0. The first-order valence-electron chi connectivity index (χ1n) is 11.6. The number of allylic oxidation sites excluding steroid dienone is 6. The van der Waals surface area contributed by atoms with Crippen LogP contribution in [0.15, 0.2) is 41.0 Å². The number of hydrogen-bond acceptors (Lipinski definition) is 2. The van der Waals surface area contributed by atoms with E-state index in [1.807, 2.05) is 19.9 Å². The first-order valence-corrected chi connectivity index (χ1v) is 11.6. The van der Waals surface area contributed by atoms with Gasteiger partial charge in [0.05, 0.1) is 0 Å². The largest absolute Gasteiger partial charge is 0.507 e. The first-order chi connectivity index (χ1) is 14.1. The van der Waals surface area contributed by atoms with E-state index in [0.717, 1.165) is 61.8 Å². The molecule has 2 nitrogen and oxygen atoms in total. The maximum atomic E-state index is 10.2. The number of hydrogen-bond donors (Lipinski definition) is 1. The number of phenols is 1. The topological polar surface area (TPSA) is 29.5 Å². The molecule has 0 saturated carbocycles. The molecule has 0 radical (unpaired) electrons. The third-order valence-electron chi connectivity index (χ3n) is 6.38. The van der Waals surface area contributed by atoms with Crippen molar-refractivity contribution in [3.63, 3.8) is 0 Å². The Labute approximate surface area is 184 Å². The molecule has 0 aliphatic carbocycles. The van der Waals surface area contributed by atoms with E-state index in [4.69, 9.17) is 4.74 Å². The molecule has 0 amide bonds. The summed E-state index contributed by atoms with van der Waals surface area (Å²) in [5.41, 5.74) is 7.31. The highest BCUT2D eigenvalue weighted by Gasteiger charge is 2.32. The molecule has 1 aromatic rings. The summed E-state index contributed by atoms with van der Waals surface area (Å²) in [7, 11) is 0. The Bertz CT molecular complexity index is 822. The number of aromatic hydroxyl groups is 1. The van der Waals surface area contributed by atoms with Gasteiger partial charge in [0.15, 0.2) is 0 Å². The van der Waals surface area contributed by atoms with Crippen LogP contribution in [0.5, 0.6) is 11.5 Å². The molecular formula is C28H42O2. The molecule has 1 N–H and O–H groups in total. The average Bonchev–Trinajstić information content (AvgIpc) is 2.65. The molecule has 0 bridgehead atoms. The molecule has 0 spiro atoms. The maximum absolute atomic E-state index is 10.2. The molecular weight excluding hydrogens is 368 g/mol. The summed E-state index contributed by atoms with van der Waals surface area (Å²) in [6, 6.07) is 2.00. The van der Waals surface area contributed by atoms with Gasteiger partial charge in [-0.3, -0.25) is 0 Å². The Morgan fingerprint density at radius 3 is 2.23 bits per heavy atom. The van der Waals surface area contributed by atoms with Gasteiger partial charge >= 0.3 is 0 Å². The van der Waals surface area contributed by atoms with E-state index in [9.17, 15) is 5.11 Å². The van der Waals surface area contributed by atoms with Gasteiger partial charge in [-0.1, -0.05) is 34.9 Å². The van der Waals surface area contributed by atoms with Crippen molar-refractivity contribution in [1.82, 2.24) is 0 Å². The summed E-state index contributed by atoms with van der Waals surface area (Å²) in [5, 5.41) is 10.2. The normalized spacial score (nSPS) is 19.3. The van der Waals surface area contributed by atoms with Crippen molar-refractivity contribution < 1.29 is 9.84 Å². The predicted octanol–water partition coefficient (Wildman–Crippen LogP) is 8.29. The Balaban J connectivity index is 1.82. The number of rotatable bonds is 9. The van der Waals surface area contributed by atoms with Gasteiger partial charge in [0.25, 0.3) is 0 Å². The summed E-state index contributed by atoms with van der Waals surface area (Å²) < 4.78 is 6.43. The lowest BCUT2D eigenvalue weighted by Crippen LogP contribution is -2.36. The second kappa shape index (κ2) is 10.9. The minimum atomic E-state index is -0.124. The second-order valence-electron chi connectivity index (χ2n) is 9.69. The predicted molar refractivity (Wildman–Crippen MR) is 130 cm³/mol. The van der Waals surface area contributed by atoms with Gasteiger partial charge < -0.3 is 9.84 Å². The van der Waals surface area contributed by atoms with E-state index in [0.29, 0.717) is 5.75 Å². The van der Waals surface area contributed by atoms with Crippen LogP contribution in [0, 0.1) is 13.8 Å². The lowest BCUT2D eigenvalue weighted by molar-refractivity contribution is 0.0567. The third-order valence-corrected chi connectivity index (χ3v) is 6.38. The minimum Gasteiger partial charge on any atom is -0.507 e. The van der Waals surface area contributed by atoms with Crippen molar-refractivity contribution in [2.45, 2.75) is 105 Å². The number of fused-ring (bicyclic) bond motifs is 1. The zero-order chi connectivity index (χ0) is 22.3. The van der Waals surface area contributed by atoms with E-state index < -0.39 is 0 Å². The standard InChI is InChI=1S/C28H42O2/c1-20(2)11-8-12-21(3)13-9-14-22(4)15-10-17-28(7)18-16-25-24(6)27(29)23(5)19-26(25)30-28/h11,13,15,19,29H,8-10,12,14,16-18H2,1-7H3/t28-/m0/s1. The molecule has 166 valence electrons. The van der Waals surface area contributed by atoms with E-state index in [-0.39, 0.29) is 5.60 Å². The average molecular weight is 411 g/mol. The Hall–Kier alpha value is -1.96. The zero-order valence-corrected chi connectivity index (χ0v) is 20.3. The van der Waals surface area contributed by atoms with Gasteiger partial charge in [-0.05, 0) is 117 Å². The van der Waals surface area contributed by atoms with Crippen LogP contribution in [0.3, 0.4) is 0 Å². The van der Waals surface area contributed by atoms with Crippen LogP contribution in [-0.4, -0.2) is 10.7 Å². The van der Waals surface area contributed by atoms with E-state index in [2.05, 4.69) is 52.8 Å². The number of ether oxygens (including phenoxy) is 1. The highest BCUT2D eigenvalue weighted by Crippen LogP contribution is 2.41. The highest BCUT2D eigenvalue weighted by molar-refractivity contribution is 5.53. The quantitative estimate of drug-likeness (QED) is 0.415. The number of aryl methyl sites for hydroxylation is 1. The minimum absolute atomic E-state index is 0.124. The smallest absolute Gasteiger partial charge is 0.124 e. The van der Waals surface area contributed by atoms with Crippen molar-refractivity contribution in [2.24, 2.45) is 0 Å². The van der Waals surface area contributed by atoms with Gasteiger partial charge in [0.2, 0.25) is 0 Å². The van der Waals surface area contributed by atoms with Gasteiger partial charge in [-0.25, -0.2) is 0 Å². The molecule has 2 heteroatoms. The first kappa shape index (κ1) is 24.3. The van der Waals surface area contributed by atoms with Gasteiger partial charge in [-0.15, -0.1) is 0 Å². The highest BCUT2D eigenvalue weighted by atomic mass is 16.5. The van der Waals surface area contributed by atoms with Crippen molar-refractivity contribution >= 4 is 0 Å². The molecule has 1 aliphatic rings. The summed E-state index contributed by atoms with van der Waals surface area (Å²) in [5.74, 6) is 1.38. The molecule has 2 rings (SSSR count). The van der Waals surface area contributed by atoms with Crippen LogP contribution in [0.4, 0.5) is 0 Å². The van der Waals surface area contributed by atoms with Crippen molar-refractivity contribution in [2.75, 3.05) is 0 Å². The lowest BCUT2D eigenvalue weighted by atomic mass is 9.86.